The summed E-state index contributed by atoms with van der Waals surface area (Å²) in [6.45, 7) is 17.1. The van der Waals surface area contributed by atoms with Crippen molar-refractivity contribution in [3.63, 3.8) is 0 Å². The molecule has 0 aliphatic carbocycles. The lowest BCUT2D eigenvalue weighted by molar-refractivity contribution is 0.162. The summed E-state index contributed by atoms with van der Waals surface area (Å²) >= 11 is 0. The number of hydrogen-bond donors (Lipinski definition) is 1. The van der Waals surface area contributed by atoms with Gasteiger partial charge in [0.05, 0.1) is 0 Å². The highest BCUT2D eigenvalue weighted by Crippen LogP contribution is 2.10. The van der Waals surface area contributed by atoms with Crippen molar-refractivity contribution in [3.05, 3.63) is 0 Å². The predicted molar refractivity (Wildman–Crippen MR) is 74.0 cm³/mol. The average Bonchev–Trinajstić information content (AvgIpc) is 2.16. The summed E-state index contributed by atoms with van der Waals surface area (Å²) in [5.74, 6) is 0. The molecule has 16 heavy (non-hydrogen) atoms. The van der Waals surface area contributed by atoms with Gasteiger partial charge in [0.2, 0.25) is 0 Å². The smallest absolute Gasteiger partial charge is 0.0252 e. The van der Waals surface area contributed by atoms with Gasteiger partial charge in [0.25, 0.3) is 0 Å². The zero-order valence-corrected chi connectivity index (χ0v) is 12.3. The van der Waals surface area contributed by atoms with Crippen LogP contribution in [0.3, 0.4) is 0 Å². The molecule has 0 aromatic carbocycles. The van der Waals surface area contributed by atoms with Crippen molar-refractivity contribution in [2.45, 2.75) is 72.4 Å². The molecule has 0 radical (unpaired) electrons. The number of nitrogens with zero attached hydrogens (tertiary/aromatic N) is 1. The molecule has 2 nitrogen and oxygen atoms in total. The van der Waals surface area contributed by atoms with Gasteiger partial charge in [0.15, 0.2) is 0 Å². The van der Waals surface area contributed by atoms with Crippen LogP contribution in [0, 0.1) is 0 Å². The van der Waals surface area contributed by atoms with Crippen LogP contribution < -0.4 is 5.32 Å². The molecule has 0 atom stereocenters. The Bertz CT molecular complexity index is 164. The highest BCUT2D eigenvalue weighted by Gasteiger charge is 2.21. The molecule has 0 saturated heterocycles. The Morgan fingerprint density at radius 3 is 2.19 bits per heavy atom. The molecular weight excluding hydrogens is 196 g/mol. The Morgan fingerprint density at radius 1 is 1.12 bits per heavy atom. The third-order valence-corrected chi connectivity index (χ3v) is 3.03. The Kier molecular flexibility index (Phi) is 8.04. The number of rotatable bonds is 9. The van der Waals surface area contributed by atoms with Gasteiger partial charge in [-0.1, -0.05) is 26.7 Å². The fraction of sp³-hybridized carbons (Fsp3) is 1.00. The number of likely N-dealkylation sites (N-methyl/N-ethyl adjacent to an activating group) is 1. The van der Waals surface area contributed by atoms with E-state index in [-0.39, 0.29) is 5.54 Å². The van der Waals surface area contributed by atoms with Crippen LogP contribution in [0.1, 0.15) is 60.8 Å². The summed E-state index contributed by atoms with van der Waals surface area (Å²) in [5, 5.41) is 3.56. The summed E-state index contributed by atoms with van der Waals surface area (Å²) in [6.07, 6.45) is 3.99. The second kappa shape index (κ2) is 8.08. The molecule has 0 aliphatic heterocycles. The molecule has 0 saturated carbocycles. The van der Waals surface area contributed by atoms with Gasteiger partial charge in [-0.25, -0.2) is 0 Å². The first-order valence-corrected chi connectivity index (χ1v) is 6.92. The molecule has 2 heteroatoms. The minimum absolute atomic E-state index is 0.227. The summed E-state index contributed by atoms with van der Waals surface area (Å²) in [7, 11) is 0. The molecule has 0 unspecified atom stereocenters. The van der Waals surface area contributed by atoms with Crippen LogP contribution in [0.15, 0.2) is 0 Å². The van der Waals surface area contributed by atoms with Crippen molar-refractivity contribution in [2.75, 3.05) is 19.6 Å². The number of nitrogens with one attached hydrogen (secondary N) is 1. The second-order valence-corrected chi connectivity index (χ2v) is 5.69. The molecule has 0 amide bonds. The Balaban J connectivity index is 4.11. The van der Waals surface area contributed by atoms with Crippen molar-refractivity contribution >= 4 is 0 Å². The number of unbranched alkanes of at least 4 members (excludes halogenated alkanes) is 2. The summed E-state index contributed by atoms with van der Waals surface area (Å²) < 4.78 is 0. The molecule has 0 fully saturated rings. The zero-order valence-electron chi connectivity index (χ0n) is 12.3. The van der Waals surface area contributed by atoms with Crippen LogP contribution in [0.5, 0.6) is 0 Å². The summed E-state index contributed by atoms with van der Waals surface area (Å²) in [6, 6.07) is 0.648. The van der Waals surface area contributed by atoms with Crippen LogP contribution >= 0.6 is 0 Å². The van der Waals surface area contributed by atoms with Gasteiger partial charge in [0, 0.05) is 18.1 Å². The normalized spacial score (nSPS) is 12.8. The molecule has 0 heterocycles. The van der Waals surface area contributed by atoms with Gasteiger partial charge in [-0.15, -0.1) is 0 Å². The molecule has 98 valence electrons. The van der Waals surface area contributed by atoms with Gasteiger partial charge < -0.3 is 5.32 Å². The average molecular weight is 228 g/mol. The van der Waals surface area contributed by atoms with E-state index in [1.54, 1.807) is 0 Å². The van der Waals surface area contributed by atoms with Crippen LogP contribution in [0.25, 0.3) is 0 Å². The highest BCUT2D eigenvalue weighted by atomic mass is 15.2. The molecule has 0 bridgehead atoms. The van der Waals surface area contributed by atoms with Crippen molar-refractivity contribution in [1.29, 1.82) is 0 Å². The van der Waals surface area contributed by atoms with E-state index in [9.17, 15) is 0 Å². The monoisotopic (exact) mass is 228 g/mol. The van der Waals surface area contributed by atoms with E-state index in [4.69, 9.17) is 0 Å². The van der Waals surface area contributed by atoms with Gasteiger partial charge in [-0.2, -0.15) is 0 Å². The topological polar surface area (TPSA) is 15.3 Å². The van der Waals surface area contributed by atoms with Gasteiger partial charge in [-0.3, -0.25) is 4.90 Å². The molecule has 0 aliphatic rings. The Labute approximate surface area is 103 Å². The van der Waals surface area contributed by atoms with Gasteiger partial charge in [-0.05, 0) is 47.2 Å². The van der Waals surface area contributed by atoms with Crippen LogP contribution in [-0.2, 0) is 0 Å². The van der Waals surface area contributed by atoms with Gasteiger partial charge >= 0.3 is 0 Å². The molecule has 0 rings (SSSR count). The summed E-state index contributed by atoms with van der Waals surface area (Å²) in [5.41, 5.74) is 0.227. The maximum atomic E-state index is 3.56. The lowest BCUT2D eigenvalue weighted by Crippen LogP contribution is -2.51. The van der Waals surface area contributed by atoms with E-state index in [2.05, 4.69) is 51.8 Å². The SMILES string of the molecule is CCCCCN(CC(C)(C)NCC)C(C)C. The van der Waals surface area contributed by atoms with E-state index in [1.807, 2.05) is 0 Å². The minimum atomic E-state index is 0.227. The first-order chi connectivity index (χ1) is 7.43. The first kappa shape index (κ1) is 15.9. The molecular formula is C14H32N2. The summed E-state index contributed by atoms with van der Waals surface area (Å²) in [4.78, 5) is 2.60. The molecule has 0 aromatic heterocycles. The van der Waals surface area contributed by atoms with Crippen molar-refractivity contribution in [2.24, 2.45) is 0 Å². The lowest BCUT2D eigenvalue weighted by atomic mass is 10.0. The maximum Gasteiger partial charge on any atom is 0.0252 e. The molecule has 0 spiro atoms. The van der Waals surface area contributed by atoms with E-state index in [0.29, 0.717) is 6.04 Å². The Hall–Kier alpha value is -0.0800. The second-order valence-electron chi connectivity index (χ2n) is 5.69. The fourth-order valence-electron chi connectivity index (χ4n) is 2.13. The highest BCUT2D eigenvalue weighted by molar-refractivity contribution is 4.82. The van der Waals surface area contributed by atoms with Gasteiger partial charge in [0.1, 0.15) is 0 Å². The van der Waals surface area contributed by atoms with E-state index >= 15 is 0 Å². The van der Waals surface area contributed by atoms with Crippen molar-refractivity contribution in [1.82, 2.24) is 10.2 Å². The largest absolute Gasteiger partial charge is 0.311 e. The lowest BCUT2D eigenvalue weighted by Gasteiger charge is -2.36. The van der Waals surface area contributed by atoms with Crippen LogP contribution in [-0.4, -0.2) is 36.1 Å². The van der Waals surface area contributed by atoms with Crippen LogP contribution in [0.4, 0.5) is 0 Å². The van der Waals surface area contributed by atoms with Crippen LogP contribution in [0.2, 0.25) is 0 Å². The number of hydrogen-bond acceptors (Lipinski definition) is 2. The van der Waals surface area contributed by atoms with E-state index in [1.165, 1.54) is 25.8 Å². The fourth-order valence-corrected chi connectivity index (χ4v) is 2.13. The van der Waals surface area contributed by atoms with Crippen molar-refractivity contribution < 1.29 is 0 Å². The van der Waals surface area contributed by atoms with E-state index < -0.39 is 0 Å². The van der Waals surface area contributed by atoms with E-state index in [0.717, 1.165) is 13.1 Å². The maximum absolute atomic E-state index is 3.56. The third kappa shape index (κ3) is 7.24. The third-order valence-electron chi connectivity index (χ3n) is 3.03. The van der Waals surface area contributed by atoms with Crippen molar-refractivity contribution in [3.8, 4) is 0 Å². The molecule has 1 N–H and O–H groups in total. The quantitative estimate of drug-likeness (QED) is 0.609. The first-order valence-electron chi connectivity index (χ1n) is 6.92. The zero-order chi connectivity index (χ0) is 12.6. The standard InChI is InChI=1S/C14H32N2/c1-7-9-10-11-16(13(3)4)12-14(5,6)15-8-2/h13,15H,7-12H2,1-6H3. The molecule has 0 aromatic rings. The minimum Gasteiger partial charge on any atom is -0.311 e. The predicted octanol–water partition coefficient (Wildman–Crippen LogP) is 3.28. The Morgan fingerprint density at radius 2 is 1.75 bits per heavy atom.